The van der Waals surface area contributed by atoms with Gasteiger partial charge in [0.25, 0.3) is 0 Å². The largest absolute Gasteiger partial charge is 0.462 e. The fraction of sp³-hybridized carbons (Fsp3) is 0.800. The minimum Gasteiger partial charge on any atom is -0.462 e. The summed E-state index contributed by atoms with van der Waals surface area (Å²) in [6.07, 6.45) is 59.4. The first-order chi connectivity index (χ1) is 30.0. The van der Waals surface area contributed by atoms with Crippen molar-refractivity contribution >= 4 is 17.9 Å². The van der Waals surface area contributed by atoms with E-state index in [0.29, 0.717) is 19.3 Å². The molecule has 1 unspecified atom stereocenters. The molecular weight excluding hydrogens is 757 g/mol. The number of carbonyl (C=O) groups is 3. The minimum atomic E-state index is -0.778. The van der Waals surface area contributed by atoms with Gasteiger partial charge in [0, 0.05) is 19.3 Å². The lowest BCUT2D eigenvalue weighted by Crippen LogP contribution is -2.30. The van der Waals surface area contributed by atoms with Crippen molar-refractivity contribution in [2.45, 2.75) is 271 Å². The van der Waals surface area contributed by atoms with Gasteiger partial charge in [-0.2, -0.15) is 0 Å². The van der Waals surface area contributed by atoms with Crippen LogP contribution in [-0.4, -0.2) is 37.2 Å². The second-order valence-electron chi connectivity index (χ2n) is 17.4. The van der Waals surface area contributed by atoms with E-state index in [1.807, 2.05) is 0 Å². The van der Waals surface area contributed by atoms with E-state index >= 15 is 0 Å². The minimum absolute atomic E-state index is 0.0787. The Morgan fingerprint density at radius 2 is 0.639 bits per heavy atom. The molecule has 0 aromatic heterocycles. The molecule has 61 heavy (non-hydrogen) atoms. The molecule has 6 heteroatoms. The Morgan fingerprint density at radius 1 is 0.344 bits per heavy atom. The van der Waals surface area contributed by atoms with Crippen LogP contribution in [0.4, 0.5) is 0 Å². The number of esters is 3. The van der Waals surface area contributed by atoms with Crippen LogP contribution in [-0.2, 0) is 28.6 Å². The van der Waals surface area contributed by atoms with E-state index in [9.17, 15) is 14.4 Å². The van der Waals surface area contributed by atoms with Gasteiger partial charge in [0.2, 0.25) is 0 Å². The lowest BCUT2D eigenvalue weighted by atomic mass is 10.0. The smallest absolute Gasteiger partial charge is 0.306 e. The molecule has 0 fully saturated rings. The zero-order valence-electron chi connectivity index (χ0n) is 40.4. The van der Waals surface area contributed by atoms with Crippen LogP contribution in [0.25, 0.3) is 0 Å². The highest BCUT2D eigenvalue weighted by molar-refractivity contribution is 5.71. The fourth-order valence-corrected chi connectivity index (χ4v) is 7.39. The number of hydrogen-bond acceptors (Lipinski definition) is 6. The van der Waals surface area contributed by atoms with E-state index in [0.717, 1.165) is 96.3 Å². The molecule has 6 nitrogen and oxygen atoms in total. The average molecular weight is 855 g/mol. The molecule has 0 bridgehead atoms. The first-order valence-corrected chi connectivity index (χ1v) is 26.1. The summed E-state index contributed by atoms with van der Waals surface area (Å²) in [5.74, 6) is -0.891. The molecule has 0 aromatic carbocycles. The normalized spacial score (nSPS) is 12.4. The summed E-state index contributed by atoms with van der Waals surface area (Å²) in [5, 5.41) is 0. The highest BCUT2D eigenvalue weighted by Crippen LogP contribution is 2.15. The molecular formula is C55H98O6. The molecule has 354 valence electrons. The zero-order chi connectivity index (χ0) is 44.4. The van der Waals surface area contributed by atoms with Crippen LogP contribution in [0.5, 0.6) is 0 Å². The van der Waals surface area contributed by atoms with E-state index in [4.69, 9.17) is 14.2 Å². The van der Waals surface area contributed by atoms with E-state index < -0.39 is 6.10 Å². The number of unbranched alkanes of at least 4 members (excludes halogenated alkanes) is 28. The number of ether oxygens (including phenoxy) is 3. The molecule has 0 spiro atoms. The number of carbonyl (C=O) groups excluding carboxylic acids is 3. The average Bonchev–Trinajstić information content (AvgIpc) is 3.26. The van der Waals surface area contributed by atoms with Gasteiger partial charge in [0.1, 0.15) is 13.2 Å². The molecule has 0 saturated carbocycles. The molecule has 0 aromatic rings. The predicted octanol–water partition coefficient (Wildman–Crippen LogP) is 17.1. The SMILES string of the molecule is CCC=CCC=CCC=CCCCCCCCC(=O)OCC(COC(=O)CCCCCCCCCC=CCCCCCC)OC(=O)CCCCCCCCCCCCCCC. The molecule has 0 radical (unpaired) electrons. The molecule has 0 rings (SSSR count). The van der Waals surface area contributed by atoms with Crippen molar-refractivity contribution in [2.24, 2.45) is 0 Å². The highest BCUT2D eigenvalue weighted by Gasteiger charge is 2.19. The van der Waals surface area contributed by atoms with Crippen LogP contribution < -0.4 is 0 Å². The Labute approximate surface area is 378 Å². The van der Waals surface area contributed by atoms with Crippen molar-refractivity contribution in [3.8, 4) is 0 Å². The van der Waals surface area contributed by atoms with E-state index in [-0.39, 0.29) is 31.1 Å². The van der Waals surface area contributed by atoms with Crippen molar-refractivity contribution < 1.29 is 28.6 Å². The van der Waals surface area contributed by atoms with Crippen molar-refractivity contribution in [3.63, 3.8) is 0 Å². The summed E-state index contributed by atoms with van der Waals surface area (Å²) in [5.41, 5.74) is 0. The molecule has 0 aliphatic carbocycles. The molecule has 0 amide bonds. The van der Waals surface area contributed by atoms with Gasteiger partial charge in [-0.15, -0.1) is 0 Å². The van der Waals surface area contributed by atoms with Gasteiger partial charge in [-0.05, 0) is 77.0 Å². The van der Waals surface area contributed by atoms with Gasteiger partial charge >= 0.3 is 17.9 Å². The Kier molecular flexibility index (Phi) is 47.9. The summed E-state index contributed by atoms with van der Waals surface area (Å²) in [6.45, 7) is 6.51. The van der Waals surface area contributed by atoms with Crippen LogP contribution in [0.1, 0.15) is 265 Å². The molecule has 0 N–H and O–H groups in total. The van der Waals surface area contributed by atoms with E-state index in [1.165, 1.54) is 128 Å². The maximum absolute atomic E-state index is 12.8. The third-order valence-corrected chi connectivity index (χ3v) is 11.3. The summed E-state index contributed by atoms with van der Waals surface area (Å²) in [4.78, 5) is 38.0. The highest BCUT2D eigenvalue weighted by atomic mass is 16.6. The lowest BCUT2D eigenvalue weighted by Gasteiger charge is -2.18. The summed E-state index contributed by atoms with van der Waals surface area (Å²) in [6, 6.07) is 0. The molecule has 0 heterocycles. The van der Waals surface area contributed by atoms with Crippen LogP contribution in [0.15, 0.2) is 48.6 Å². The van der Waals surface area contributed by atoms with Crippen LogP contribution in [0, 0.1) is 0 Å². The second kappa shape index (κ2) is 50.0. The maximum atomic E-state index is 12.8. The maximum Gasteiger partial charge on any atom is 0.306 e. The molecule has 0 aliphatic heterocycles. The van der Waals surface area contributed by atoms with Crippen molar-refractivity contribution in [1.29, 1.82) is 0 Å². The third kappa shape index (κ3) is 48.3. The third-order valence-electron chi connectivity index (χ3n) is 11.3. The van der Waals surface area contributed by atoms with Crippen molar-refractivity contribution in [2.75, 3.05) is 13.2 Å². The molecule has 0 saturated heterocycles. The lowest BCUT2D eigenvalue weighted by molar-refractivity contribution is -0.167. The number of hydrogen-bond donors (Lipinski definition) is 0. The van der Waals surface area contributed by atoms with Gasteiger partial charge in [0.15, 0.2) is 6.10 Å². The standard InChI is InChI=1S/C55H98O6/c1-4-7-10-13-16-19-22-25-27-30-32-35-38-41-44-47-53(56)59-50-52(61-55(58)49-46-43-40-37-34-29-24-21-18-15-12-9-6-3)51-60-54(57)48-45-42-39-36-33-31-28-26-23-20-17-14-11-8-5-2/h7,10,16,19-20,23,25,27,52H,4-6,8-9,11-15,17-18,21-22,24,26,28-51H2,1-3H3. The van der Waals surface area contributed by atoms with Crippen LogP contribution in [0.3, 0.4) is 0 Å². The Bertz CT molecular complexity index is 1070. The van der Waals surface area contributed by atoms with Crippen LogP contribution >= 0.6 is 0 Å². The summed E-state index contributed by atoms with van der Waals surface area (Å²) < 4.78 is 16.8. The van der Waals surface area contributed by atoms with E-state index in [1.54, 1.807) is 0 Å². The first-order valence-electron chi connectivity index (χ1n) is 26.1. The summed E-state index contributed by atoms with van der Waals surface area (Å²) in [7, 11) is 0. The quantitative estimate of drug-likeness (QED) is 0.0263. The van der Waals surface area contributed by atoms with Gasteiger partial charge < -0.3 is 14.2 Å². The van der Waals surface area contributed by atoms with Gasteiger partial charge in [-0.3, -0.25) is 14.4 Å². The van der Waals surface area contributed by atoms with Crippen molar-refractivity contribution in [3.05, 3.63) is 48.6 Å². The Morgan fingerprint density at radius 3 is 1.03 bits per heavy atom. The molecule has 0 aliphatic rings. The fourth-order valence-electron chi connectivity index (χ4n) is 7.39. The predicted molar refractivity (Wildman–Crippen MR) is 261 cm³/mol. The Hall–Kier alpha value is -2.63. The van der Waals surface area contributed by atoms with Gasteiger partial charge in [-0.1, -0.05) is 217 Å². The van der Waals surface area contributed by atoms with Gasteiger partial charge in [0.05, 0.1) is 0 Å². The monoisotopic (exact) mass is 855 g/mol. The Balaban J connectivity index is 4.38. The van der Waals surface area contributed by atoms with Crippen LogP contribution in [0.2, 0.25) is 0 Å². The van der Waals surface area contributed by atoms with Crippen molar-refractivity contribution in [1.82, 2.24) is 0 Å². The summed E-state index contributed by atoms with van der Waals surface area (Å²) >= 11 is 0. The number of rotatable bonds is 47. The van der Waals surface area contributed by atoms with E-state index in [2.05, 4.69) is 69.4 Å². The number of allylic oxidation sites excluding steroid dienone is 8. The second-order valence-corrected chi connectivity index (χ2v) is 17.4. The molecule has 1 atom stereocenters. The zero-order valence-corrected chi connectivity index (χ0v) is 40.4. The van der Waals surface area contributed by atoms with Gasteiger partial charge in [-0.25, -0.2) is 0 Å². The first kappa shape index (κ1) is 58.4. The topological polar surface area (TPSA) is 78.9 Å².